The van der Waals surface area contributed by atoms with Gasteiger partial charge in [0.2, 0.25) is 11.8 Å². The summed E-state index contributed by atoms with van der Waals surface area (Å²) < 4.78 is 0. The highest BCUT2D eigenvalue weighted by atomic mass is 32.1. The maximum Gasteiger partial charge on any atom is 0.227 e. The maximum atomic E-state index is 12.6. The minimum atomic E-state index is -0.0540. The molecule has 0 bridgehead atoms. The van der Waals surface area contributed by atoms with Crippen LogP contribution in [0.4, 0.5) is 0 Å². The fourth-order valence-corrected chi connectivity index (χ4v) is 4.49. The molecule has 0 saturated carbocycles. The number of nitrogens with one attached hydrogen (secondary N) is 1. The number of carbonyl (C=O) groups excluding carboxylic acids is 2. The number of carbonyl (C=O) groups is 2. The van der Waals surface area contributed by atoms with Gasteiger partial charge in [0.25, 0.3) is 0 Å². The van der Waals surface area contributed by atoms with Crippen molar-refractivity contribution in [3.05, 3.63) is 40.7 Å². The molecule has 2 aromatic rings. The van der Waals surface area contributed by atoms with E-state index < -0.39 is 0 Å². The molecule has 4 rings (SSSR count). The van der Waals surface area contributed by atoms with Gasteiger partial charge in [-0.3, -0.25) is 14.5 Å². The van der Waals surface area contributed by atoms with Crippen LogP contribution in [0.25, 0.3) is 11.3 Å². The van der Waals surface area contributed by atoms with Crippen molar-refractivity contribution in [2.45, 2.75) is 19.4 Å². The van der Waals surface area contributed by atoms with Crippen molar-refractivity contribution < 1.29 is 9.59 Å². The number of nitrogens with zero attached hydrogens (tertiary/aromatic N) is 3. The molecule has 2 aliphatic heterocycles. The zero-order chi connectivity index (χ0) is 18.6. The average molecular weight is 385 g/mol. The van der Waals surface area contributed by atoms with Crippen LogP contribution in [0.5, 0.6) is 0 Å². The van der Waals surface area contributed by atoms with Crippen molar-refractivity contribution >= 4 is 23.2 Å². The molecule has 27 heavy (non-hydrogen) atoms. The molecule has 0 radical (unpaired) electrons. The summed E-state index contributed by atoms with van der Waals surface area (Å²) in [7, 11) is 0. The number of hydrogen-bond donors (Lipinski definition) is 1. The van der Waals surface area contributed by atoms with Gasteiger partial charge >= 0.3 is 0 Å². The first kappa shape index (κ1) is 18.1. The van der Waals surface area contributed by atoms with Gasteiger partial charge in [0, 0.05) is 50.1 Å². The molecule has 6 nitrogen and oxygen atoms in total. The van der Waals surface area contributed by atoms with Gasteiger partial charge in [0.05, 0.1) is 18.2 Å². The fraction of sp³-hybridized carbons (Fsp3) is 0.450. The minimum Gasteiger partial charge on any atom is -0.355 e. The summed E-state index contributed by atoms with van der Waals surface area (Å²) in [4.78, 5) is 33.0. The van der Waals surface area contributed by atoms with Crippen molar-refractivity contribution in [1.82, 2.24) is 20.1 Å². The lowest BCUT2D eigenvalue weighted by molar-refractivity contribution is -0.139. The molecular formula is C20H24N4O2S. The quantitative estimate of drug-likeness (QED) is 0.875. The van der Waals surface area contributed by atoms with Crippen LogP contribution in [0.15, 0.2) is 35.7 Å². The van der Waals surface area contributed by atoms with E-state index in [9.17, 15) is 9.59 Å². The maximum absolute atomic E-state index is 12.6. The highest BCUT2D eigenvalue weighted by Gasteiger charge is 2.30. The number of thiazole rings is 1. The second-order valence-corrected chi connectivity index (χ2v) is 8.08. The van der Waals surface area contributed by atoms with E-state index in [2.05, 4.69) is 27.7 Å². The zero-order valence-corrected chi connectivity index (χ0v) is 16.1. The molecule has 1 unspecified atom stereocenters. The third-order valence-corrected chi connectivity index (χ3v) is 6.11. The number of hydrogen-bond acceptors (Lipinski definition) is 5. The highest BCUT2D eigenvalue weighted by Crippen LogP contribution is 2.23. The third kappa shape index (κ3) is 4.36. The van der Waals surface area contributed by atoms with Crippen LogP contribution in [0.1, 0.15) is 17.8 Å². The summed E-state index contributed by atoms with van der Waals surface area (Å²) in [5.41, 5.74) is 2.18. The summed E-state index contributed by atoms with van der Waals surface area (Å²) in [6, 6.07) is 10.2. The first-order valence-electron chi connectivity index (χ1n) is 9.47. The second kappa shape index (κ2) is 8.19. The Morgan fingerprint density at radius 2 is 1.96 bits per heavy atom. The SMILES string of the molecule is O=C1CCC(C(=O)N2CCN(Cc3nc(-c4ccccc4)cs3)CC2)CN1. The van der Waals surface area contributed by atoms with E-state index in [0.717, 1.165) is 49.0 Å². The van der Waals surface area contributed by atoms with Gasteiger partial charge in [-0.25, -0.2) is 4.98 Å². The predicted octanol–water partition coefficient (Wildman–Crippen LogP) is 1.98. The summed E-state index contributed by atoms with van der Waals surface area (Å²) in [5, 5.41) is 6.03. The molecule has 0 aliphatic carbocycles. The standard InChI is InChI=1S/C20H24N4O2S/c25-18-7-6-16(12-21-18)20(26)24-10-8-23(9-11-24)13-19-22-17(14-27-19)15-4-2-1-3-5-15/h1-5,14,16H,6-13H2,(H,21,25). The number of piperidine rings is 1. The molecule has 2 amide bonds. The van der Waals surface area contributed by atoms with Crippen LogP contribution in [0.2, 0.25) is 0 Å². The van der Waals surface area contributed by atoms with E-state index in [-0.39, 0.29) is 17.7 Å². The van der Waals surface area contributed by atoms with E-state index in [0.29, 0.717) is 19.4 Å². The van der Waals surface area contributed by atoms with E-state index in [1.165, 1.54) is 0 Å². The van der Waals surface area contributed by atoms with Gasteiger partial charge in [-0.15, -0.1) is 11.3 Å². The van der Waals surface area contributed by atoms with Crippen LogP contribution >= 0.6 is 11.3 Å². The smallest absolute Gasteiger partial charge is 0.227 e. The van der Waals surface area contributed by atoms with Crippen molar-refractivity contribution in [2.24, 2.45) is 5.92 Å². The van der Waals surface area contributed by atoms with Gasteiger partial charge in [0.15, 0.2) is 0 Å². The summed E-state index contributed by atoms with van der Waals surface area (Å²) in [6.07, 6.45) is 1.14. The molecular weight excluding hydrogens is 360 g/mol. The molecule has 0 spiro atoms. The largest absolute Gasteiger partial charge is 0.355 e. The summed E-state index contributed by atoms with van der Waals surface area (Å²) in [5.74, 6) is 0.194. The normalized spacial score (nSPS) is 21.1. The summed E-state index contributed by atoms with van der Waals surface area (Å²) in [6.45, 7) is 4.55. The van der Waals surface area contributed by atoms with Crippen LogP contribution in [0, 0.1) is 5.92 Å². The van der Waals surface area contributed by atoms with Gasteiger partial charge < -0.3 is 10.2 Å². The van der Waals surface area contributed by atoms with Gasteiger partial charge in [0.1, 0.15) is 5.01 Å². The number of benzene rings is 1. The molecule has 1 atom stereocenters. The lowest BCUT2D eigenvalue weighted by atomic mass is 9.97. The minimum absolute atomic E-state index is 0.0540. The van der Waals surface area contributed by atoms with Gasteiger partial charge in [-0.05, 0) is 6.42 Å². The highest BCUT2D eigenvalue weighted by molar-refractivity contribution is 7.09. The molecule has 2 fully saturated rings. The van der Waals surface area contributed by atoms with Crippen molar-refractivity contribution in [3.8, 4) is 11.3 Å². The van der Waals surface area contributed by atoms with Crippen LogP contribution in [0.3, 0.4) is 0 Å². The van der Waals surface area contributed by atoms with Crippen LogP contribution in [-0.2, 0) is 16.1 Å². The van der Waals surface area contributed by atoms with Crippen molar-refractivity contribution in [1.29, 1.82) is 0 Å². The van der Waals surface area contributed by atoms with Crippen LogP contribution < -0.4 is 5.32 Å². The molecule has 2 saturated heterocycles. The lowest BCUT2D eigenvalue weighted by Gasteiger charge is -2.36. The van der Waals surface area contributed by atoms with E-state index in [1.807, 2.05) is 23.1 Å². The first-order chi connectivity index (χ1) is 13.2. The Kier molecular flexibility index (Phi) is 5.50. The lowest BCUT2D eigenvalue weighted by Crippen LogP contribution is -2.52. The Morgan fingerprint density at radius 1 is 1.19 bits per heavy atom. The Morgan fingerprint density at radius 3 is 2.67 bits per heavy atom. The Hall–Kier alpha value is -2.25. The average Bonchev–Trinajstić information content (AvgIpc) is 3.18. The number of aromatic nitrogens is 1. The Balaban J connectivity index is 1.28. The molecule has 1 aromatic carbocycles. The second-order valence-electron chi connectivity index (χ2n) is 7.13. The van der Waals surface area contributed by atoms with Crippen molar-refractivity contribution in [3.63, 3.8) is 0 Å². The monoisotopic (exact) mass is 384 g/mol. The fourth-order valence-electron chi connectivity index (χ4n) is 3.64. The van der Waals surface area contributed by atoms with E-state index >= 15 is 0 Å². The van der Waals surface area contributed by atoms with Gasteiger partial charge in [-0.2, -0.15) is 0 Å². The van der Waals surface area contributed by atoms with E-state index in [1.54, 1.807) is 11.3 Å². The predicted molar refractivity (Wildman–Crippen MR) is 105 cm³/mol. The third-order valence-electron chi connectivity index (χ3n) is 5.28. The van der Waals surface area contributed by atoms with Gasteiger partial charge in [-0.1, -0.05) is 30.3 Å². The Bertz CT molecular complexity index is 789. The molecule has 7 heteroatoms. The van der Waals surface area contributed by atoms with Crippen LogP contribution in [-0.4, -0.2) is 59.3 Å². The number of amides is 2. The molecule has 1 N–H and O–H groups in total. The summed E-state index contributed by atoms with van der Waals surface area (Å²) >= 11 is 1.69. The number of piperazine rings is 1. The molecule has 1 aromatic heterocycles. The topological polar surface area (TPSA) is 65.5 Å². The van der Waals surface area contributed by atoms with Crippen molar-refractivity contribution in [2.75, 3.05) is 32.7 Å². The van der Waals surface area contributed by atoms with E-state index in [4.69, 9.17) is 4.98 Å². The molecule has 2 aliphatic rings. The zero-order valence-electron chi connectivity index (χ0n) is 15.3. The molecule has 142 valence electrons. The Labute approximate surface area is 163 Å². The number of rotatable bonds is 4. The first-order valence-corrected chi connectivity index (χ1v) is 10.3. The molecule has 3 heterocycles.